The Morgan fingerprint density at radius 1 is 1.14 bits per heavy atom. The number of amides is 1. The first-order chi connectivity index (χ1) is 16.9. The Labute approximate surface area is 209 Å². The Bertz CT molecular complexity index is 828. The Hall–Kier alpha value is -3.94. The smallest absolute Gasteiger partial charge is 0.388 e. The van der Waals surface area contributed by atoms with E-state index in [9.17, 15) is 4.79 Å². The molecular formula is C25H39N7O3. The number of nitrogens with zero attached hydrogens (tertiary/aromatic N) is 3. The van der Waals surface area contributed by atoms with E-state index in [1.165, 1.54) is 6.42 Å². The van der Waals surface area contributed by atoms with Gasteiger partial charge in [-0.25, -0.2) is 19.8 Å². The molecule has 0 saturated carbocycles. The van der Waals surface area contributed by atoms with Gasteiger partial charge in [0.2, 0.25) is 5.82 Å². The van der Waals surface area contributed by atoms with Crippen molar-refractivity contribution >= 4 is 23.5 Å². The number of hydrogen-bond donors (Lipinski definition) is 4. The minimum absolute atomic E-state index is 0.0222. The number of primary amides is 1. The molecule has 1 aliphatic heterocycles. The number of carbonyl (C=O) groups is 1. The molecule has 1 aromatic carbocycles. The van der Waals surface area contributed by atoms with Crippen molar-refractivity contribution in [3.63, 3.8) is 0 Å². The summed E-state index contributed by atoms with van der Waals surface area (Å²) in [5.74, 6) is -0.0286. The number of aromatic nitrogens is 2. The lowest BCUT2D eigenvalue weighted by atomic mass is 10.3. The highest BCUT2D eigenvalue weighted by atomic mass is 16.6. The summed E-state index contributed by atoms with van der Waals surface area (Å²) in [4.78, 5) is 19.1. The number of ether oxygens (including phenoxy) is 2. The number of benzene rings is 1. The van der Waals surface area contributed by atoms with Crippen LogP contribution in [0.25, 0.3) is 0 Å². The molecule has 1 saturated heterocycles. The maximum Gasteiger partial charge on any atom is 0.411 e. The Morgan fingerprint density at radius 2 is 1.60 bits per heavy atom. The molecule has 0 unspecified atom stereocenters. The maximum absolute atomic E-state index is 10.7. The number of morpholine rings is 1. The van der Waals surface area contributed by atoms with E-state index >= 15 is 0 Å². The van der Waals surface area contributed by atoms with Crippen LogP contribution in [-0.4, -0.2) is 60.3 Å². The lowest BCUT2D eigenvalue weighted by molar-refractivity contribution is 0.0495. The van der Waals surface area contributed by atoms with Crippen molar-refractivity contribution in [1.82, 2.24) is 15.0 Å². The fourth-order valence-electron chi connectivity index (χ4n) is 2.41. The number of nitrogens with two attached hydrogens (primary N) is 1. The van der Waals surface area contributed by atoms with E-state index in [0.717, 1.165) is 0 Å². The van der Waals surface area contributed by atoms with Gasteiger partial charge in [-0.1, -0.05) is 56.7 Å². The van der Waals surface area contributed by atoms with Crippen molar-refractivity contribution in [3.8, 4) is 12.8 Å². The zero-order chi connectivity index (χ0) is 27.1. The quantitative estimate of drug-likeness (QED) is 0.220. The van der Waals surface area contributed by atoms with Gasteiger partial charge in [0.25, 0.3) is 5.90 Å². The zero-order valence-corrected chi connectivity index (χ0v) is 21.2. The van der Waals surface area contributed by atoms with Crippen LogP contribution in [0.3, 0.4) is 0 Å². The van der Waals surface area contributed by atoms with Gasteiger partial charge in [-0.05, 0) is 6.92 Å². The van der Waals surface area contributed by atoms with Gasteiger partial charge in [0.1, 0.15) is 0 Å². The molecule has 1 amide bonds. The first kappa shape index (κ1) is 33.2. The van der Waals surface area contributed by atoms with Crippen LogP contribution in [0.4, 0.5) is 16.3 Å². The summed E-state index contributed by atoms with van der Waals surface area (Å²) in [5, 5.41) is 12.6. The first-order valence-corrected chi connectivity index (χ1v) is 11.0. The van der Waals surface area contributed by atoms with Gasteiger partial charge < -0.3 is 25.9 Å². The highest BCUT2D eigenvalue weighted by Crippen LogP contribution is 2.23. The number of hydrazine groups is 1. The summed E-state index contributed by atoms with van der Waals surface area (Å²) >= 11 is 0. The first-order valence-electron chi connectivity index (χ1n) is 11.0. The summed E-state index contributed by atoms with van der Waals surface area (Å²) in [6.07, 6.45) is 8.17. The van der Waals surface area contributed by atoms with E-state index in [-0.39, 0.29) is 5.82 Å². The normalized spacial score (nSPS) is 11.6. The Kier molecular flexibility index (Phi) is 20.8. The van der Waals surface area contributed by atoms with E-state index < -0.39 is 12.0 Å². The molecule has 192 valence electrons. The summed E-state index contributed by atoms with van der Waals surface area (Å²) in [5.41, 5.74) is 9.37. The molecule has 0 radical (unpaired) electrons. The highest BCUT2D eigenvalue weighted by Gasteiger charge is 2.18. The van der Waals surface area contributed by atoms with Crippen molar-refractivity contribution in [3.05, 3.63) is 61.1 Å². The van der Waals surface area contributed by atoms with Crippen LogP contribution in [0.1, 0.15) is 31.8 Å². The number of rotatable bonds is 4. The van der Waals surface area contributed by atoms with E-state index in [0.29, 0.717) is 43.5 Å². The summed E-state index contributed by atoms with van der Waals surface area (Å²) < 4.78 is 9.81. The van der Waals surface area contributed by atoms with Crippen LogP contribution in [-0.2, 0) is 9.47 Å². The predicted molar refractivity (Wildman–Crippen MR) is 143 cm³/mol. The molecule has 2 heterocycles. The van der Waals surface area contributed by atoms with Crippen LogP contribution < -0.4 is 16.5 Å². The number of hydrogen-bond acceptors (Lipinski definition) is 9. The van der Waals surface area contributed by atoms with Crippen LogP contribution in [0.2, 0.25) is 0 Å². The summed E-state index contributed by atoms with van der Waals surface area (Å²) in [6, 6.07) is 12.0. The highest BCUT2D eigenvalue weighted by molar-refractivity contribution is 5.95. The largest absolute Gasteiger partial charge is 0.411 e. The fraction of sp³-hybridized carbons (Fsp3) is 0.360. The van der Waals surface area contributed by atoms with Crippen molar-refractivity contribution < 1.29 is 14.3 Å². The molecule has 3 rings (SSSR count). The van der Waals surface area contributed by atoms with E-state index in [1.807, 2.05) is 41.4 Å². The second-order valence-electron chi connectivity index (χ2n) is 6.43. The van der Waals surface area contributed by atoms with Crippen LogP contribution in [0.15, 0.2) is 49.6 Å². The number of anilines is 2. The summed E-state index contributed by atoms with van der Waals surface area (Å²) in [7, 11) is 1.75. The minimum atomic E-state index is -1.08. The van der Waals surface area contributed by atoms with Crippen LogP contribution in [0.5, 0.6) is 0 Å². The molecule has 5 N–H and O–H groups in total. The molecule has 0 aliphatic carbocycles. The van der Waals surface area contributed by atoms with Gasteiger partial charge in [0.05, 0.1) is 24.6 Å². The van der Waals surface area contributed by atoms with Gasteiger partial charge in [-0.3, -0.25) is 5.41 Å². The molecule has 10 heteroatoms. The molecule has 10 nitrogen and oxygen atoms in total. The van der Waals surface area contributed by atoms with Crippen molar-refractivity contribution in [2.45, 2.75) is 27.2 Å². The van der Waals surface area contributed by atoms with Gasteiger partial charge in [-0.2, -0.15) is 0 Å². The molecule has 2 aromatic rings. The zero-order valence-electron chi connectivity index (χ0n) is 21.2. The molecular weight excluding hydrogens is 446 g/mol. The Morgan fingerprint density at radius 3 is 2.00 bits per heavy atom. The lowest BCUT2D eigenvalue weighted by Gasteiger charge is -2.28. The van der Waals surface area contributed by atoms with E-state index in [4.69, 9.17) is 15.9 Å². The van der Waals surface area contributed by atoms with Gasteiger partial charge >= 0.3 is 6.09 Å². The average Bonchev–Trinajstić information content (AvgIpc) is 2.88. The Balaban J connectivity index is 0. The van der Waals surface area contributed by atoms with Crippen molar-refractivity contribution in [2.24, 2.45) is 5.73 Å². The third-order valence-electron chi connectivity index (χ3n) is 3.69. The third-order valence-corrected chi connectivity index (χ3v) is 3.69. The average molecular weight is 486 g/mol. The van der Waals surface area contributed by atoms with Crippen molar-refractivity contribution in [2.75, 3.05) is 44.1 Å². The number of nitrogens with one attached hydrogen (secondary N) is 3. The predicted octanol–water partition coefficient (Wildman–Crippen LogP) is 4.06. The lowest BCUT2D eigenvalue weighted by Crippen LogP contribution is -2.40. The number of aryl methyl sites for hydroxylation is 1. The maximum atomic E-state index is 10.7. The molecule has 1 fully saturated rings. The molecule has 1 aliphatic rings. The van der Waals surface area contributed by atoms with Crippen LogP contribution in [0, 0.1) is 25.2 Å². The summed E-state index contributed by atoms with van der Waals surface area (Å²) in [6.45, 7) is 14.7. The monoisotopic (exact) mass is 485 g/mol. The third kappa shape index (κ3) is 14.7. The van der Waals surface area contributed by atoms with Gasteiger partial charge in [0, 0.05) is 20.1 Å². The van der Waals surface area contributed by atoms with E-state index in [2.05, 4.69) is 65.3 Å². The van der Waals surface area contributed by atoms with Gasteiger partial charge in [-0.15, -0.1) is 26.0 Å². The molecule has 0 spiro atoms. The second-order valence-corrected chi connectivity index (χ2v) is 6.43. The second kappa shape index (κ2) is 21.9. The molecule has 0 atom stereocenters. The SMILES string of the molecule is C#C.C=C.CCC.CNc1c(C)nc(C(=N)OC(N)=O)nc1NN1CCOCC1.c1ccccc1. The molecule has 35 heavy (non-hydrogen) atoms. The van der Waals surface area contributed by atoms with Crippen LogP contribution >= 0.6 is 0 Å². The number of terminal acetylenes is 1. The minimum Gasteiger partial charge on any atom is -0.388 e. The molecule has 0 bridgehead atoms. The van der Waals surface area contributed by atoms with Gasteiger partial charge in [0.15, 0.2) is 5.82 Å². The topological polar surface area (TPSA) is 138 Å². The standard InChI is InChI=1S/C12H19N7O3.C6H6.C3H8.C2H4.C2H2/c1-7-8(15-2)10(18-19-3-5-21-6-4-19)17-11(16-7)9(13)22-12(14)20;1-2-4-6-5-3-1;1-3-2;2*1-2/h13,15H,3-6H2,1-2H3,(H2,14,20)(H,16,17,18);1-6H;3H2,1-2H3;1-2H2;1-2H. The van der Waals surface area contributed by atoms with E-state index in [1.54, 1.807) is 14.0 Å². The fourth-order valence-corrected chi connectivity index (χ4v) is 2.41. The number of carbonyl (C=O) groups excluding carboxylic acids is 1. The molecule has 1 aromatic heterocycles. The van der Waals surface area contributed by atoms with Crippen molar-refractivity contribution in [1.29, 1.82) is 5.41 Å².